The molecule has 0 radical (unpaired) electrons. The molecule has 0 aliphatic heterocycles. The Morgan fingerprint density at radius 1 is 1.42 bits per heavy atom. The van der Waals surface area contributed by atoms with Crippen molar-refractivity contribution in [1.29, 1.82) is 0 Å². The molecule has 0 aliphatic rings. The van der Waals surface area contributed by atoms with Gasteiger partial charge in [-0.3, -0.25) is 10.1 Å². The van der Waals surface area contributed by atoms with Crippen LogP contribution in [0, 0.1) is 10.1 Å². The SMILES string of the molecule is CC(NCc1ccc(Cl)o1)c1cccc([N+](=O)[O-])c1. The van der Waals surface area contributed by atoms with E-state index in [1.54, 1.807) is 24.3 Å². The highest BCUT2D eigenvalue weighted by Crippen LogP contribution is 2.20. The summed E-state index contributed by atoms with van der Waals surface area (Å²) in [5.74, 6) is 0.724. The van der Waals surface area contributed by atoms with Crippen LogP contribution in [0.3, 0.4) is 0 Å². The van der Waals surface area contributed by atoms with Crippen molar-refractivity contribution in [2.45, 2.75) is 19.5 Å². The molecule has 2 aromatic rings. The Bertz CT molecular complexity index is 583. The van der Waals surface area contributed by atoms with Crippen molar-refractivity contribution in [1.82, 2.24) is 5.32 Å². The summed E-state index contributed by atoms with van der Waals surface area (Å²) in [6, 6.07) is 10.0. The van der Waals surface area contributed by atoms with E-state index in [0.717, 1.165) is 11.3 Å². The maximum atomic E-state index is 10.7. The first-order valence-electron chi connectivity index (χ1n) is 5.78. The Balaban J connectivity index is 2.01. The highest BCUT2D eigenvalue weighted by atomic mass is 35.5. The second-order valence-corrected chi connectivity index (χ2v) is 4.53. The Kier molecular flexibility index (Phi) is 4.19. The molecule has 0 aliphatic carbocycles. The van der Waals surface area contributed by atoms with Crippen molar-refractivity contribution in [3.05, 3.63) is 63.1 Å². The van der Waals surface area contributed by atoms with Gasteiger partial charge in [-0.05, 0) is 36.2 Å². The largest absolute Gasteiger partial charge is 0.448 e. The van der Waals surface area contributed by atoms with Crippen LogP contribution in [0.2, 0.25) is 5.22 Å². The smallest absolute Gasteiger partial charge is 0.269 e. The second-order valence-electron chi connectivity index (χ2n) is 4.16. The molecule has 1 atom stereocenters. The quantitative estimate of drug-likeness (QED) is 0.670. The lowest BCUT2D eigenvalue weighted by molar-refractivity contribution is -0.384. The van der Waals surface area contributed by atoms with Crippen LogP contribution >= 0.6 is 11.6 Å². The van der Waals surface area contributed by atoms with Gasteiger partial charge in [0, 0.05) is 18.2 Å². The van der Waals surface area contributed by atoms with Crippen molar-refractivity contribution in [3.8, 4) is 0 Å². The molecule has 0 saturated carbocycles. The number of furan rings is 1. The monoisotopic (exact) mass is 280 g/mol. The molecule has 1 unspecified atom stereocenters. The van der Waals surface area contributed by atoms with Crippen LogP contribution in [-0.2, 0) is 6.54 Å². The summed E-state index contributed by atoms with van der Waals surface area (Å²) < 4.78 is 5.23. The minimum absolute atomic E-state index is 0.0243. The molecule has 19 heavy (non-hydrogen) atoms. The number of nitrogens with one attached hydrogen (secondary N) is 1. The lowest BCUT2D eigenvalue weighted by atomic mass is 10.1. The third-order valence-corrected chi connectivity index (χ3v) is 3.00. The normalized spacial score (nSPS) is 12.3. The molecule has 5 nitrogen and oxygen atoms in total. The first kappa shape index (κ1) is 13.6. The molecule has 0 spiro atoms. The van der Waals surface area contributed by atoms with Gasteiger partial charge in [-0.1, -0.05) is 12.1 Å². The molecule has 100 valence electrons. The molecule has 0 amide bonds. The molecule has 0 fully saturated rings. The molecule has 1 aromatic heterocycles. The van der Waals surface area contributed by atoms with Crippen LogP contribution in [0.4, 0.5) is 5.69 Å². The van der Waals surface area contributed by atoms with Gasteiger partial charge in [0.25, 0.3) is 5.69 Å². The van der Waals surface area contributed by atoms with Crippen molar-refractivity contribution in [3.63, 3.8) is 0 Å². The lowest BCUT2D eigenvalue weighted by Gasteiger charge is -2.12. The molecule has 0 bridgehead atoms. The van der Waals surface area contributed by atoms with E-state index in [0.29, 0.717) is 11.8 Å². The van der Waals surface area contributed by atoms with Gasteiger partial charge in [-0.2, -0.15) is 0 Å². The van der Waals surface area contributed by atoms with E-state index in [4.69, 9.17) is 16.0 Å². The number of rotatable bonds is 5. The van der Waals surface area contributed by atoms with E-state index in [1.807, 2.05) is 13.0 Å². The minimum atomic E-state index is -0.400. The highest BCUT2D eigenvalue weighted by Gasteiger charge is 2.11. The maximum absolute atomic E-state index is 10.7. The Labute approximate surface area is 115 Å². The van der Waals surface area contributed by atoms with Gasteiger partial charge in [0.05, 0.1) is 11.5 Å². The Hall–Kier alpha value is -1.85. The molecule has 6 heteroatoms. The van der Waals surface area contributed by atoms with Gasteiger partial charge < -0.3 is 9.73 Å². The van der Waals surface area contributed by atoms with Gasteiger partial charge in [0.1, 0.15) is 5.76 Å². The van der Waals surface area contributed by atoms with Crippen molar-refractivity contribution >= 4 is 17.3 Å². The van der Waals surface area contributed by atoms with Crippen LogP contribution < -0.4 is 5.32 Å². The zero-order valence-corrected chi connectivity index (χ0v) is 11.1. The molecule has 0 saturated heterocycles. The highest BCUT2D eigenvalue weighted by molar-refractivity contribution is 6.28. The summed E-state index contributed by atoms with van der Waals surface area (Å²) in [6.07, 6.45) is 0. The van der Waals surface area contributed by atoms with E-state index in [1.165, 1.54) is 6.07 Å². The number of non-ortho nitro benzene ring substituents is 1. The van der Waals surface area contributed by atoms with Gasteiger partial charge in [-0.15, -0.1) is 0 Å². The van der Waals surface area contributed by atoms with E-state index in [2.05, 4.69) is 5.32 Å². The van der Waals surface area contributed by atoms with E-state index in [-0.39, 0.29) is 11.7 Å². The fourth-order valence-electron chi connectivity index (χ4n) is 1.73. The molecule has 1 aromatic carbocycles. The van der Waals surface area contributed by atoms with E-state index >= 15 is 0 Å². The fourth-order valence-corrected chi connectivity index (χ4v) is 1.89. The van der Waals surface area contributed by atoms with Crippen LogP contribution in [0.15, 0.2) is 40.8 Å². The molecule has 2 rings (SSSR count). The Morgan fingerprint density at radius 3 is 2.84 bits per heavy atom. The first-order valence-corrected chi connectivity index (χ1v) is 6.16. The van der Waals surface area contributed by atoms with Gasteiger partial charge in [0.15, 0.2) is 5.22 Å². The second kappa shape index (κ2) is 5.86. The number of nitro benzene ring substituents is 1. The van der Waals surface area contributed by atoms with Crippen molar-refractivity contribution in [2.24, 2.45) is 0 Å². The molecular formula is C13H13ClN2O3. The van der Waals surface area contributed by atoms with Gasteiger partial charge in [0.2, 0.25) is 0 Å². The average Bonchev–Trinajstić information content (AvgIpc) is 2.82. The third-order valence-electron chi connectivity index (χ3n) is 2.79. The number of hydrogen-bond acceptors (Lipinski definition) is 4. The fraction of sp³-hybridized carbons (Fsp3) is 0.231. The van der Waals surface area contributed by atoms with E-state index < -0.39 is 4.92 Å². The standard InChI is InChI=1S/C13H13ClN2O3/c1-9(15-8-12-5-6-13(14)19-12)10-3-2-4-11(7-10)16(17)18/h2-7,9,15H,8H2,1H3. The number of nitro groups is 1. The summed E-state index contributed by atoms with van der Waals surface area (Å²) in [4.78, 5) is 10.3. The van der Waals surface area contributed by atoms with Crippen molar-refractivity contribution < 1.29 is 9.34 Å². The van der Waals surface area contributed by atoms with Gasteiger partial charge >= 0.3 is 0 Å². The van der Waals surface area contributed by atoms with Crippen LogP contribution in [-0.4, -0.2) is 4.92 Å². The number of halogens is 1. The molecule has 1 N–H and O–H groups in total. The van der Waals surface area contributed by atoms with Gasteiger partial charge in [-0.25, -0.2) is 0 Å². The molecule has 1 heterocycles. The van der Waals surface area contributed by atoms with E-state index in [9.17, 15) is 10.1 Å². The maximum Gasteiger partial charge on any atom is 0.269 e. The summed E-state index contributed by atoms with van der Waals surface area (Å²) in [6.45, 7) is 2.44. The first-order chi connectivity index (χ1) is 9.06. The minimum Gasteiger partial charge on any atom is -0.448 e. The molecular weight excluding hydrogens is 268 g/mol. The van der Waals surface area contributed by atoms with Crippen LogP contribution in [0.1, 0.15) is 24.3 Å². The Morgan fingerprint density at radius 2 is 2.21 bits per heavy atom. The summed E-state index contributed by atoms with van der Waals surface area (Å²) in [5, 5.41) is 14.3. The number of nitrogens with zero attached hydrogens (tertiary/aromatic N) is 1. The van der Waals surface area contributed by atoms with Crippen molar-refractivity contribution in [2.75, 3.05) is 0 Å². The average molecular weight is 281 g/mol. The predicted octanol–water partition coefficient (Wildman–Crippen LogP) is 3.69. The zero-order valence-electron chi connectivity index (χ0n) is 10.3. The zero-order chi connectivity index (χ0) is 13.8. The number of benzene rings is 1. The third kappa shape index (κ3) is 3.56. The lowest BCUT2D eigenvalue weighted by Crippen LogP contribution is -2.17. The topological polar surface area (TPSA) is 68.3 Å². The summed E-state index contributed by atoms with van der Waals surface area (Å²) in [7, 11) is 0. The summed E-state index contributed by atoms with van der Waals surface area (Å²) >= 11 is 5.68. The summed E-state index contributed by atoms with van der Waals surface area (Å²) in [5.41, 5.74) is 0.944. The van der Waals surface area contributed by atoms with Crippen LogP contribution in [0.25, 0.3) is 0 Å². The number of hydrogen-bond donors (Lipinski definition) is 1. The predicted molar refractivity (Wildman–Crippen MR) is 72.1 cm³/mol. The van der Waals surface area contributed by atoms with Crippen LogP contribution in [0.5, 0.6) is 0 Å².